The molecule has 3 unspecified atom stereocenters. The molecule has 2 fully saturated rings. The molecule has 1 aromatic carbocycles. The lowest BCUT2D eigenvalue weighted by Crippen LogP contribution is -2.50. The lowest BCUT2D eigenvalue weighted by atomic mass is 9.47. The number of carbonyl (C=O) groups excluding carboxylic acids is 1. The quantitative estimate of drug-likeness (QED) is 0.381. The van der Waals surface area contributed by atoms with E-state index in [2.05, 4.69) is 67.1 Å². The van der Waals surface area contributed by atoms with Gasteiger partial charge in [-0.05, 0) is 79.2 Å². The van der Waals surface area contributed by atoms with Crippen LogP contribution in [0.2, 0.25) is 0 Å². The van der Waals surface area contributed by atoms with Gasteiger partial charge in [0.05, 0.1) is 5.52 Å². The van der Waals surface area contributed by atoms with Crippen molar-refractivity contribution in [2.75, 3.05) is 0 Å². The Morgan fingerprint density at radius 2 is 1.81 bits per heavy atom. The molecule has 1 aromatic heterocycles. The third kappa shape index (κ3) is 2.82. The first kappa shape index (κ1) is 20.3. The van der Waals surface area contributed by atoms with E-state index < -0.39 is 0 Å². The van der Waals surface area contributed by atoms with Crippen LogP contribution in [0, 0.1) is 28.6 Å². The number of aromatic nitrogens is 1. The van der Waals surface area contributed by atoms with Gasteiger partial charge in [0.15, 0.2) is 0 Å². The molecule has 2 saturated carbocycles. The molecule has 0 saturated heterocycles. The fourth-order valence-corrected chi connectivity index (χ4v) is 8.17. The zero-order valence-corrected chi connectivity index (χ0v) is 19.6. The monoisotopic (exact) mass is 429 g/mol. The highest BCUT2D eigenvalue weighted by atomic mass is 16.5. The zero-order valence-electron chi connectivity index (χ0n) is 19.6. The molecule has 3 nitrogen and oxygen atoms in total. The van der Waals surface area contributed by atoms with Gasteiger partial charge in [-0.2, -0.15) is 0 Å². The van der Waals surface area contributed by atoms with Gasteiger partial charge < -0.3 is 9.30 Å². The average molecular weight is 430 g/mol. The summed E-state index contributed by atoms with van der Waals surface area (Å²) < 4.78 is 8.08. The highest BCUT2D eigenvalue weighted by molar-refractivity contribution is 5.84. The minimum absolute atomic E-state index is 0.0824. The topological polar surface area (TPSA) is 31.2 Å². The van der Waals surface area contributed by atoms with Gasteiger partial charge in [-0.3, -0.25) is 4.79 Å². The first-order valence-corrected chi connectivity index (χ1v) is 12.5. The molecule has 1 heterocycles. The summed E-state index contributed by atoms with van der Waals surface area (Å²) in [5.74, 6) is 2.10. The summed E-state index contributed by atoms with van der Waals surface area (Å²) >= 11 is 0. The standard InChI is InChI=1S/C29H35NO2/c1-19(31)32-22-12-15-28(2)21(18-22)8-9-23-24-10-11-27(29(24,3)16-13-25(23)28)30-17-14-20-6-4-5-7-26(20)30/h4-8,11,14,17,22-25H,9-10,12-13,15-16,18H2,1-3H3/t22-,23?,24?,25?,28+,29+/m1/s1. The fraction of sp³-hybridized carbons (Fsp3) is 0.552. The van der Waals surface area contributed by atoms with Crippen LogP contribution in [0.5, 0.6) is 0 Å². The van der Waals surface area contributed by atoms with E-state index in [0.29, 0.717) is 0 Å². The third-order valence-corrected chi connectivity index (χ3v) is 9.79. The molecule has 0 N–H and O–H groups in total. The molecule has 0 aliphatic heterocycles. The van der Waals surface area contributed by atoms with Crippen molar-refractivity contribution in [3.05, 3.63) is 54.3 Å². The van der Waals surface area contributed by atoms with E-state index in [1.165, 1.54) is 42.3 Å². The molecule has 6 rings (SSSR count). The number of esters is 1. The van der Waals surface area contributed by atoms with E-state index in [1.807, 2.05) is 0 Å². The SMILES string of the molecule is CC(=O)O[C@@H]1CC[C@@]2(C)C(=CCC3C2CC[C@]2(C)C(n4ccc5ccccc54)=CCC32)C1. The Balaban J connectivity index is 1.30. The van der Waals surface area contributed by atoms with Crippen molar-refractivity contribution in [2.45, 2.75) is 71.8 Å². The second-order valence-corrected chi connectivity index (χ2v) is 11.3. The number of carbonyl (C=O) groups is 1. The second-order valence-electron chi connectivity index (χ2n) is 11.3. The molecule has 168 valence electrons. The van der Waals surface area contributed by atoms with Crippen molar-refractivity contribution >= 4 is 22.6 Å². The van der Waals surface area contributed by atoms with Crippen LogP contribution in [-0.4, -0.2) is 16.6 Å². The molecular weight excluding hydrogens is 394 g/mol. The van der Waals surface area contributed by atoms with E-state index in [1.54, 1.807) is 12.5 Å². The number of hydrogen-bond acceptors (Lipinski definition) is 2. The Morgan fingerprint density at radius 1 is 1.00 bits per heavy atom. The minimum Gasteiger partial charge on any atom is -0.462 e. The molecule has 3 heteroatoms. The van der Waals surface area contributed by atoms with Gasteiger partial charge in [-0.15, -0.1) is 0 Å². The first-order chi connectivity index (χ1) is 15.4. The number of hydrogen-bond donors (Lipinski definition) is 0. The van der Waals surface area contributed by atoms with Crippen LogP contribution in [0.1, 0.15) is 65.7 Å². The summed E-state index contributed by atoms with van der Waals surface area (Å²) in [6.07, 6.45) is 15.6. The summed E-state index contributed by atoms with van der Waals surface area (Å²) in [5, 5.41) is 1.33. The largest absolute Gasteiger partial charge is 0.462 e. The second kappa shape index (κ2) is 7.10. The first-order valence-electron chi connectivity index (χ1n) is 12.5. The van der Waals surface area contributed by atoms with Crippen molar-refractivity contribution < 1.29 is 9.53 Å². The average Bonchev–Trinajstić information content (AvgIpc) is 3.34. The van der Waals surface area contributed by atoms with Gasteiger partial charge in [0.1, 0.15) is 6.10 Å². The van der Waals surface area contributed by atoms with Gasteiger partial charge in [0.25, 0.3) is 0 Å². The van der Waals surface area contributed by atoms with E-state index in [-0.39, 0.29) is 22.9 Å². The molecule has 32 heavy (non-hydrogen) atoms. The van der Waals surface area contributed by atoms with Crippen molar-refractivity contribution in [3.63, 3.8) is 0 Å². The van der Waals surface area contributed by atoms with Crippen LogP contribution in [0.25, 0.3) is 16.6 Å². The van der Waals surface area contributed by atoms with Gasteiger partial charge in [-0.25, -0.2) is 0 Å². The zero-order chi connectivity index (χ0) is 22.1. The highest BCUT2D eigenvalue weighted by Gasteiger charge is 2.57. The summed E-state index contributed by atoms with van der Waals surface area (Å²) in [5.41, 5.74) is 4.97. The van der Waals surface area contributed by atoms with Crippen LogP contribution in [-0.2, 0) is 9.53 Å². The predicted molar refractivity (Wildman–Crippen MR) is 129 cm³/mol. The maximum atomic E-state index is 11.5. The molecule has 0 amide bonds. The van der Waals surface area contributed by atoms with Crippen LogP contribution >= 0.6 is 0 Å². The summed E-state index contributed by atoms with van der Waals surface area (Å²) in [6, 6.07) is 11.0. The molecule has 0 spiro atoms. The number of para-hydroxylation sites is 1. The summed E-state index contributed by atoms with van der Waals surface area (Å²) in [4.78, 5) is 11.5. The van der Waals surface area contributed by atoms with Crippen molar-refractivity contribution in [3.8, 4) is 0 Å². The summed E-state index contributed by atoms with van der Waals surface area (Å²) in [6.45, 7) is 6.60. The lowest BCUT2D eigenvalue weighted by Gasteiger charge is -2.57. The fourth-order valence-electron chi connectivity index (χ4n) is 8.17. The molecule has 2 aromatic rings. The summed E-state index contributed by atoms with van der Waals surface area (Å²) in [7, 11) is 0. The molecule has 0 radical (unpaired) electrons. The normalized spacial score (nSPS) is 38.3. The van der Waals surface area contributed by atoms with Crippen molar-refractivity contribution in [2.24, 2.45) is 28.6 Å². The number of benzene rings is 1. The van der Waals surface area contributed by atoms with Crippen LogP contribution < -0.4 is 0 Å². The molecule has 4 aliphatic carbocycles. The number of rotatable bonds is 2. The Morgan fingerprint density at radius 3 is 2.66 bits per heavy atom. The van der Waals surface area contributed by atoms with E-state index in [0.717, 1.165) is 37.0 Å². The van der Waals surface area contributed by atoms with Gasteiger partial charge in [0.2, 0.25) is 0 Å². The predicted octanol–water partition coefficient (Wildman–Crippen LogP) is 6.99. The lowest BCUT2D eigenvalue weighted by molar-refractivity contribution is -0.148. The van der Waals surface area contributed by atoms with Gasteiger partial charge in [-0.1, -0.05) is 49.8 Å². The Kier molecular flexibility index (Phi) is 4.51. The van der Waals surface area contributed by atoms with E-state index >= 15 is 0 Å². The molecule has 0 bridgehead atoms. The van der Waals surface area contributed by atoms with Crippen molar-refractivity contribution in [1.29, 1.82) is 0 Å². The van der Waals surface area contributed by atoms with Crippen molar-refractivity contribution in [1.82, 2.24) is 4.57 Å². The number of ether oxygens (including phenoxy) is 1. The Hall–Kier alpha value is -2.29. The molecular formula is C29H35NO2. The third-order valence-electron chi connectivity index (χ3n) is 9.79. The van der Waals surface area contributed by atoms with E-state index in [9.17, 15) is 4.79 Å². The smallest absolute Gasteiger partial charge is 0.302 e. The Labute approximate surface area is 191 Å². The molecule has 6 atom stereocenters. The highest BCUT2D eigenvalue weighted by Crippen LogP contribution is 2.65. The van der Waals surface area contributed by atoms with Gasteiger partial charge >= 0.3 is 5.97 Å². The maximum absolute atomic E-state index is 11.5. The van der Waals surface area contributed by atoms with Crippen LogP contribution in [0.3, 0.4) is 0 Å². The Bertz CT molecular complexity index is 1140. The van der Waals surface area contributed by atoms with Crippen LogP contribution in [0.4, 0.5) is 0 Å². The number of allylic oxidation sites excluding steroid dienone is 3. The maximum Gasteiger partial charge on any atom is 0.302 e. The number of fused-ring (bicyclic) bond motifs is 6. The minimum atomic E-state index is -0.136. The number of nitrogens with zero attached hydrogens (tertiary/aromatic N) is 1. The van der Waals surface area contributed by atoms with Crippen LogP contribution in [0.15, 0.2) is 54.3 Å². The van der Waals surface area contributed by atoms with Gasteiger partial charge in [0, 0.05) is 30.7 Å². The van der Waals surface area contributed by atoms with E-state index in [4.69, 9.17) is 4.74 Å². The molecule has 4 aliphatic rings.